The summed E-state index contributed by atoms with van der Waals surface area (Å²) in [5.74, 6) is 0. The van der Waals surface area contributed by atoms with Gasteiger partial charge in [-0.05, 0) is 0 Å². The minimum Gasteiger partial charge on any atom is -0.565 e. The van der Waals surface area contributed by atoms with E-state index in [0.29, 0.717) is 0 Å². The zero-order valence-corrected chi connectivity index (χ0v) is 7.59. The number of carboxylic acid groups (broad SMARTS) is 2. The molecule has 0 aromatic rings. The number of halogens is 1. The Labute approximate surface area is 73.6 Å². The van der Waals surface area contributed by atoms with Crippen molar-refractivity contribution >= 4 is 23.1 Å². The normalized spacial score (nSPS) is 3.43. The van der Waals surface area contributed by atoms with Gasteiger partial charge in [-0.15, -0.1) is 17.0 Å². The van der Waals surface area contributed by atoms with Crippen LogP contribution >= 0.6 is 17.0 Å². The van der Waals surface area contributed by atoms with E-state index in [1.54, 1.807) is 0 Å². The summed E-state index contributed by atoms with van der Waals surface area (Å²) in [4.78, 5) is 8.44. The summed E-state index contributed by atoms with van der Waals surface area (Å²) in [6.45, 7) is 0. The van der Waals surface area contributed by atoms with Crippen LogP contribution in [-0.2, 0) is 0 Å². The second-order valence-electron chi connectivity index (χ2n) is 0.266. The molecule has 0 rings (SSSR count). The van der Waals surface area contributed by atoms with Crippen LogP contribution in [-0.4, -0.2) is 11.3 Å². The molecule has 0 spiro atoms. The molecule has 0 fully saturated rings. The van der Waals surface area contributed by atoms with E-state index in [1.165, 1.54) is 0 Å². The Morgan fingerprint density at radius 1 is 1.57 bits per heavy atom. The first-order chi connectivity index (χ1) is 1.73. The average Bonchev–Trinajstić information content (AvgIpc) is 0.811. The van der Waals surface area contributed by atoms with Gasteiger partial charge in [-0.3, -0.25) is 0 Å². The van der Waals surface area contributed by atoms with Crippen molar-refractivity contribution in [3.05, 3.63) is 0 Å². The molecular weight excluding hydrogens is 177 g/mol. The number of hydrogen-bond acceptors (Lipinski definition) is 3. The van der Waals surface area contributed by atoms with Crippen LogP contribution in [0, 0.1) is 0 Å². The van der Waals surface area contributed by atoms with E-state index in [0.717, 1.165) is 0 Å². The van der Waals surface area contributed by atoms with Gasteiger partial charge in [0.1, 0.15) is 0 Å². The largest absolute Gasteiger partial charge is 1.00 e. The molecule has 0 aliphatic rings. The smallest absolute Gasteiger partial charge is 0.565 e. The Kier molecular flexibility index (Phi) is 57.3. The molecule has 0 aliphatic carbocycles. The number of rotatable bonds is 0. The zero-order valence-electron chi connectivity index (χ0n) is 3.88. The quantitative estimate of drug-likeness (QED) is 0.382. The fraction of sp³-hybridized carbons (Fsp3) is 0. The SMILES string of the molecule is Br.N.O=C([O-])O.[Na+]. The first-order valence-corrected chi connectivity index (χ1v) is 0.632. The summed E-state index contributed by atoms with van der Waals surface area (Å²) in [7, 11) is 0. The monoisotopic (exact) mass is 181 g/mol. The van der Waals surface area contributed by atoms with Gasteiger partial charge in [-0.1, -0.05) is 0 Å². The van der Waals surface area contributed by atoms with Gasteiger partial charge >= 0.3 is 29.6 Å². The van der Waals surface area contributed by atoms with Gasteiger partial charge in [0.25, 0.3) is 0 Å². The van der Waals surface area contributed by atoms with E-state index >= 15 is 0 Å². The van der Waals surface area contributed by atoms with E-state index in [4.69, 9.17) is 15.0 Å². The van der Waals surface area contributed by atoms with Gasteiger partial charge in [-0.2, -0.15) is 0 Å². The molecule has 0 heterocycles. The molecule has 0 amide bonds. The van der Waals surface area contributed by atoms with Crippen LogP contribution in [0.25, 0.3) is 0 Å². The Balaban J connectivity index is -0.0000000150. The molecule has 4 nitrogen and oxygen atoms in total. The molecule has 0 bridgehead atoms. The molecule has 6 heteroatoms. The minimum atomic E-state index is -2.08. The van der Waals surface area contributed by atoms with E-state index < -0.39 is 6.16 Å². The van der Waals surface area contributed by atoms with Crippen molar-refractivity contribution in [1.29, 1.82) is 0 Å². The number of carbonyl (C=O) groups is 1. The molecule has 40 valence electrons. The summed E-state index contributed by atoms with van der Waals surface area (Å²) in [5.41, 5.74) is 0. The fourth-order valence-electron chi connectivity index (χ4n) is 0. The van der Waals surface area contributed by atoms with Gasteiger partial charge in [0.2, 0.25) is 6.16 Å². The molecule has 4 N–H and O–H groups in total. The van der Waals surface area contributed by atoms with Crippen molar-refractivity contribution in [2.24, 2.45) is 0 Å². The first kappa shape index (κ1) is 25.2. The van der Waals surface area contributed by atoms with E-state index in [1.807, 2.05) is 0 Å². The Hall–Kier alpha value is 0.710. The summed E-state index contributed by atoms with van der Waals surface area (Å²) in [6.07, 6.45) is -2.08. The third-order valence-corrected chi connectivity index (χ3v) is 0. The van der Waals surface area contributed by atoms with E-state index in [2.05, 4.69) is 0 Å². The van der Waals surface area contributed by atoms with Crippen LogP contribution in [0.15, 0.2) is 0 Å². The van der Waals surface area contributed by atoms with E-state index in [-0.39, 0.29) is 52.7 Å². The summed E-state index contributed by atoms with van der Waals surface area (Å²) in [5, 5.41) is 15.3. The molecule has 0 aromatic heterocycles. The average molecular weight is 182 g/mol. The van der Waals surface area contributed by atoms with Crippen LogP contribution in [0.3, 0.4) is 0 Å². The topological polar surface area (TPSA) is 95.4 Å². The van der Waals surface area contributed by atoms with Crippen LogP contribution in [0.1, 0.15) is 0 Å². The van der Waals surface area contributed by atoms with Gasteiger partial charge in [0.15, 0.2) is 0 Å². The van der Waals surface area contributed by atoms with Crippen molar-refractivity contribution in [1.82, 2.24) is 6.15 Å². The summed E-state index contributed by atoms with van der Waals surface area (Å²) < 4.78 is 0. The molecule has 0 saturated heterocycles. The van der Waals surface area contributed by atoms with Crippen molar-refractivity contribution < 1.29 is 44.6 Å². The Bertz CT molecular complexity index is 37.9. The van der Waals surface area contributed by atoms with E-state index in [9.17, 15) is 0 Å². The maximum absolute atomic E-state index is 8.44. The van der Waals surface area contributed by atoms with Gasteiger partial charge in [0, 0.05) is 0 Å². The second-order valence-corrected chi connectivity index (χ2v) is 0.266. The standard InChI is InChI=1S/CH2O3.BrH.H3N.Na/c2-1(3)4;;;/h(H2,2,3,4);1H;1H3;/q;;;+1/p-1. The zero-order chi connectivity index (χ0) is 3.58. The van der Waals surface area contributed by atoms with Crippen LogP contribution < -0.4 is 40.8 Å². The maximum Gasteiger partial charge on any atom is 1.00 e. The Morgan fingerprint density at radius 2 is 1.57 bits per heavy atom. The molecule has 0 atom stereocenters. The van der Waals surface area contributed by atoms with Crippen LogP contribution in [0.5, 0.6) is 0 Å². The number of hydrogen-bond donors (Lipinski definition) is 2. The summed E-state index contributed by atoms with van der Waals surface area (Å²) >= 11 is 0. The van der Waals surface area contributed by atoms with Crippen molar-refractivity contribution in [3.63, 3.8) is 0 Å². The predicted octanol–water partition coefficient (Wildman–Crippen LogP) is -3.37. The van der Waals surface area contributed by atoms with Crippen molar-refractivity contribution in [3.8, 4) is 0 Å². The Morgan fingerprint density at radius 3 is 1.57 bits per heavy atom. The van der Waals surface area contributed by atoms with Crippen LogP contribution in [0.4, 0.5) is 4.79 Å². The maximum atomic E-state index is 8.44. The molecule has 0 aliphatic heterocycles. The third-order valence-electron chi connectivity index (χ3n) is 0. The molecule has 0 saturated carbocycles. The molecular formula is CH5BrNNaO3. The molecule has 0 unspecified atom stereocenters. The van der Waals surface area contributed by atoms with Gasteiger partial charge in [-0.25, -0.2) is 0 Å². The van der Waals surface area contributed by atoms with Crippen molar-refractivity contribution in [2.75, 3.05) is 0 Å². The molecule has 0 radical (unpaired) electrons. The third kappa shape index (κ3) is 295. The predicted molar refractivity (Wildman–Crippen MR) is 23.4 cm³/mol. The molecule has 7 heavy (non-hydrogen) atoms. The van der Waals surface area contributed by atoms with Crippen LogP contribution in [0.2, 0.25) is 0 Å². The first-order valence-electron chi connectivity index (χ1n) is 0.632. The van der Waals surface area contributed by atoms with Gasteiger partial charge < -0.3 is 21.2 Å². The molecule has 0 aromatic carbocycles. The summed E-state index contributed by atoms with van der Waals surface area (Å²) in [6, 6.07) is 0. The van der Waals surface area contributed by atoms with Gasteiger partial charge in [0.05, 0.1) is 0 Å². The fourth-order valence-corrected chi connectivity index (χ4v) is 0. The van der Waals surface area contributed by atoms with Crippen molar-refractivity contribution in [2.45, 2.75) is 0 Å². The second kappa shape index (κ2) is 15.9. The minimum absolute atomic E-state index is 0.